The molecule has 0 unspecified atom stereocenters. The second-order valence-corrected chi connectivity index (χ2v) is 0. The van der Waals surface area contributed by atoms with E-state index in [1.54, 1.807) is 0 Å². The maximum atomic E-state index is 8.34. The summed E-state index contributed by atoms with van der Waals surface area (Å²) in [5.74, 6) is 0. The van der Waals surface area contributed by atoms with Gasteiger partial charge in [-0.2, -0.15) is 0 Å². The predicted molar refractivity (Wildman–Crippen MR) is 8.52 cm³/mol. The summed E-state index contributed by atoms with van der Waals surface area (Å²) >= 11 is 1.00. The minimum absolute atomic E-state index is 0.300. The first-order valence-corrected chi connectivity index (χ1v) is 2.36. The molecule has 0 bridgehead atoms. The van der Waals surface area contributed by atoms with Crippen LogP contribution in [0.25, 0.3) is 0 Å². The molecule has 0 amide bonds. The van der Waals surface area contributed by atoms with Crippen LogP contribution in [0.4, 0.5) is 0 Å². The molecule has 0 atom stereocenters. The molecule has 0 aromatic rings. The van der Waals surface area contributed by atoms with E-state index in [-0.39, 0.29) is 0 Å². The zero-order valence-corrected chi connectivity index (χ0v) is 6.59. The van der Waals surface area contributed by atoms with Crippen LogP contribution in [0.5, 0.6) is 0 Å². The van der Waals surface area contributed by atoms with E-state index in [4.69, 9.17) is 6.42 Å². The van der Waals surface area contributed by atoms with Crippen molar-refractivity contribution in [1.29, 1.82) is 0 Å². The second kappa shape index (κ2) is 32.4. The van der Waals surface area contributed by atoms with Crippen molar-refractivity contribution in [2.75, 3.05) is 0 Å². The molecule has 0 heterocycles. The van der Waals surface area contributed by atoms with Crippen LogP contribution in [-0.2, 0) is 26.2 Å². The van der Waals surface area contributed by atoms with E-state index in [0.717, 1.165) is 0 Å². The second-order valence-electron chi connectivity index (χ2n) is 0. The summed E-state index contributed by atoms with van der Waals surface area (Å²) in [6, 6.07) is 0. The van der Waals surface area contributed by atoms with Crippen molar-refractivity contribution < 1.29 is 26.2 Å². The summed E-state index contributed by atoms with van der Waals surface area (Å²) < 4.78 is 16.6. The number of hydrogen-bond acceptors (Lipinski definition) is 2. The van der Waals surface area contributed by atoms with Gasteiger partial charge in [0, 0.05) is 0 Å². The van der Waals surface area contributed by atoms with Gasteiger partial charge in [-0.1, -0.05) is 0 Å². The molecule has 4 heteroatoms. The number of rotatable bonds is 0. The van der Waals surface area contributed by atoms with Gasteiger partial charge in [0.15, 0.2) is 0 Å². The molecule has 0 radical (unpaired) electrons. The quantitative estimate of drug-likeness (QED) is 0.523. The van der Waals surface area contributed by atoms with E-state index in [9.17, 15) is 0 Å². The first kappa shape index (κ1) is 8.92. The average molecular weight is 251 g/mol. The van der Waals surface area contributed by atoms with Gasteiger partial charge in [0.2, 0.25) is 0 Å². The van der Waals surface area contributed by atoms with Crippen molar-refractivity contribution >= 4 is 23.0 Å². The molecule has 4 heavy (non-hydrogen) atoms. The molecule has 0 fully saturated rings. The topological polar surface area (TPSA) is 34.1 Å². The molecular weight excluding hydrogens is 250 g/mol. The SMILES string of the molecule is [O]=[Mo].[O]=[SbH]. The zero-order valence-electron chi connectivity index (χ0n) is 1.72. The predicted octanol–water partition coefficient (Wildman–Crippen LogP) is -0.889. The molecule has 0 aromatic carbocycles. The van der Waals surface area contributed by atoms with Gasteiger partial charge in [0.25, 0.3) is 0 Å². The van der Waals surface area contributed by atoms with Gasteiger partial charge in [-0.15, -0.1) is 0 Å². The van der Waals surface area contributed by atoms with E-state index >= 15 is 0 Å². The van der Waals surface area contributed by atoms with Gasteiger partial charge < -0.3 is 0 Å². The van der Waals surface area contributed by atoms with Gasteiger partial charge in [0.05, 0.1) is 0 Å². The third-order valence-corrected chi connectivity index (χ3v) is 0. The molecule has 24 valence electrons. The third kappa shape index (κ3) is 11.3. The van der Waals surface area contributed by atoms with Crippen LogP contribution < -0.4 is 0 Å². The van der Waals surface area contributed by atoms with Crippen LogP contribution in [-0.4, -0.2) is 23.0 Å². The van der Waals surface area contributed by atoms with Crippen molar-refractivity contribution in [1.82, 2.24) is 0 Å². The van der Waals surface area contributed by atoms with E-state index < -0.39 is 0 Å². The Bertz CT molecular complexity index is 8.00. The fraction of sp³-hybridized carbons (Fsp3) is 0. The van der Waals surface area contributed by atoms with Gasteiger partial charge in [-0.3, -0.25) is 0 Å². The Balaban J connectivity index is 0. The summed E-state index contributed by atoms with van der Waals surface area (Å²) in [4.78, 5) is 0. The Labute approximate surface area is 49.0 Å². The summed E-state index contributed by atoms with van der Waals surface area (Å²) in [5, 5.41) is 0. The maximum absolute atomic E-state index is 8.34. The summed E-state index contributed by atoms with van der Waals surface area (Å²) in [6.45, 7) is 0. The molecule has 0 aliphatic heterocycles. The molecule has 0 aliphatic rings. The van der Waals surface area contributed by atoms with Crippen molar-refractivity contribution in [2.24, 2.45) is 0 Å². The van der Waals surface area contributed by atoms with Gasteiger partial charge in [-0.25, -0.2) is 0 Å². The Kier molecular flexibility index (Phi) is 72.2. The zero-order chi connectivity index (χ0) is 4.00. The van der Waals surface area contributed by atoms with E-state index in [1.807, 2.05) is 0 Å². The molecule has 0 saturated carbocycles. The Morgan fingerprint density at radius 2 is 1.25 bits per heavy atom. The molecule has 0 N–H and O–H groups in total. The molecular formula is HMoO2Sb. The standard InChI is InChI=1S/Mo.2O.Sb.H. The minimum atomic E-state index is 0.300. The van der Waals surface area contributed by atoms with E-state index in [2.05, 4.69) is 0 Å². The normalized spacial score (nSPS) is 2.00. The Hall–Kier alpha value is 1.11. The molecule has 0 aliphatic carbocycles. The fourth-order valence-corrected chi connectivity index (χ4v) is 0. The van der Waals surface area contributed by atoms with Gasteiger partial charge >= 0.3 is 49.2 Å². The fourth-order valence-electron chi connectivity index (χ4n) is 0. The van der Waals surface area contributed by atoms with Crippen molar-refractivity contribution in [3.05, 3.63) is 0 Å². The van der Waals surface area contributed by atoms with Crippen LogP contribution in [0.15, 0.2) is 0 Å². The van der Waals surface area contributed by atoms with Crippen molar-refractivity contribution in [2.45, 2.75) is 0 Å². The van der Waals surface area contributed by atoms with Gasteiger partial charge in [0.1, 0.15) is 0 Å². The van der Waals surface area contributed by atoms with Crippen molar-refractivity contribution in [3.8, 4) is 0 Å². The van der Waals surface area contributed by atoms with Crippen LogP contribution in [0, 0.1) is 0 Å². The summed E-state index contributed by atoms with van der Waals surface area (Å²) in [7, 11) is 0. The first-order valence-electron chi connectivity index (χ1n) is 0.371. The van der Waals surface area contributed by atoms with Crippen LogP contribution in [0.2, 0.25) is 0 Å². The van der Waals surface area contributed by atoms with Gasteiger partial charge in [-0.05, 0) is 0 Å². The van der Waals surface area contributed by atoms with Crippen LogP contribution in [0.1, 0.15) is 0 Å². The molecule has 0 saturated heterocycles. The van der Waals surface area contributed by atoms with Crippen LogP contribution >= 0.6 is 0 Å². The molecule has 0 spiro atoms. The third-order valence-electron chi connectivity index (χ3n) is 0. The Morgan fingerprint density at radius 3 is 1.25 bits per heavy atom. The van der Waals surface area contributed by atoms with Crippen LogP contribution in [0.3, 0.4) is 0 Å². The average Bonchev–Trinajstić information content (AvgIpc) is 1.50. The summed E-state index contributed by atoms with van der Waals surface area (Å²) in [6.07, 6.45) is 0. The van der Waals surface area contributed by atoms with E-state index in [0.29, 0.717) is 42.8 Å². The monoisotopic (exact) mass is 252 g/mol. The summed E-state index contributed by atoms with van der Waals surface area (Å²) in [5.41, 5.74) is 0. The Morgan fingerprint density at radius 1 is 1.25 bits per heavy atom. The van der Waals surface area contributed by atoms with Crippen molar-refractivity contribution in [3.63, 3.8) is 0 Å². The first-order chi connectivity index (χ1) is 2.00. The van der Waals surface area contributed by atoms with E-state index in [1.165, 1.54) is 0 Å². The number of hydrogen-bond donors (Lipinski definition) is 0. The molecule has 2 nitrogen and oxygen atoms in total. The molecule has 0 rings (SSSR count). The molecule has 0 aromatic heterocycles.